The Morgan fingerprint density at radius 1 is 0.742 bits per heavy atom. The maximum Gasteiger partial charge on any atom is 0.433 e. The van der Waals surface area contributed by atoms with Crippen LogP contribution in [-0.2, 0) is 12.4 Å². The van der Waals surface area contributed by atoms with Crippen LogP contribution < -0.4 is 10.6 Å². The molecule has 3 heterocycles. The van der Waals surface area contributed by atoms with Crippen LogP contribution in [0.3, 0.4) is 0 Å². The smallest absolute Gasteiger partial charge is 0.352 e. The maximum absolute atomic E-state index is 13.0. The van der Waals surface area contributed by atoms with Gasteiger partial charge in [-0.3, -0.25) is 4.98 Å². The summed E-state index contributed by atoms with van der Waals surface area (Å²) in [4.78, 5) is 22.4. The van der Waals surface area contributed by atoms with Crippen LogP contribution in [0.2, 0.25) is 0 Å². The van der Waals surface area contributed by atoms with Gasteiger partial charge >= 0.3 is 12.4 Å². The van der Waals surface area contributed by atoms with E-state index in [0.29, 0.717) is 6.07 Å². The van der Waals surface area contributed by atoms with Crippen LogP contribution in [0.5, 0.6) is 0 Å². The average Bonchev–Trinajstić information content (AvgIpc) is 2.66. The van der Waals surface area contributed by atoms with Crippen molar-refractivity contribution in [3.63, 3.8) is 0 Å². The molecule has 31 heavy (non-hydrogen) atoms. The van der Waals surface area contributed by atoms with E-state index in [0.717, 1.165) is 18.5 Å². The largest absolute Gasteiger partial charge is 0.433 e. The molecular formula is C17H14F6N8. The minimum atomic E-state index is -4.71. The molecule has 0 radical (unpaired) electrons. The summed E-state index contributed by atoms with van der Waals surface area (Å²) in [7, 11) is 0. The van der Waals surface area contributed by atoms with Gasteiger partial charge in [0.25, 0.3) is 0 Å². The normalized spacial score (nSPS) is 12.2. The monoisotopic (exact) mass is 444 g/mol. The molecule has 2 N–H and O–H groups in total. The summed E-state index contributed by atoms with van der Waals surface area (Å²) in [6, 6.07) is 2.50. The molecule has 0 bridgehead atoms. The van der Waals surface area contributed by atoms with E-state index in [9.17, 15) is 26.3 Å². The zero-order chi connectivity index (χ0) is 22.8. The average molecular weight is 444 g/mol. The number of nitrogens with zero attached hydrogens (tertiary/aromatic N) is 6. The van der Waals surface area contributed by atoms with Crippen LogP contribution in [-0.4, -0.2) is 35.9 Å². The van der Waals surface area contributed by atoms with E-state index in [2.05, 4.69) is 40.5 Å². The third kappa shape index (κ3) is 5.73. The quantitative estimate of drug-likeness (QED) is 0.561. The van der Waals surface area contributed by atoms with Crippen molar-refractivity contribution in [2.75, 3.05) is 10.6 Å². The number of anilines is 3. The number of hydrogen-bond donors (Lipinski definition) is 2. The predicted molar refractivity (Wildman–Crippen MR) is 97.1 cm³/mol. The predicted octanol–water partition coefficient (Wildman–Crippen LogP) is 4.33. The summed E-state index contributed by atoms with van der Waals surface area (Å²) in [6.45, 7) is 3.52. The van der Waals surface area contributed by atoms with Crippen molar-refractivity contribution in [1.29, 1.82) is 0 Å². The fraction of sp³-hybridized carbons (Fsp3) is 0.294. The Hall–Kier alpha value is -3.58. The van der Waals surface area contributed by atoms with Gasteiger partial charge in [0.15, 0.2) is 5.82 Å². The first-order valence-corrected chi connectivity index (χ1v) is 8.65. The lowest BCUT2D eigenvalue weighted by molar-refractivity contribution is -0.141. The number of alkyl halides is 6. The highest BCUT2D eigenvalue weighted by molar-refractivity contribution is 5.57. The molecule has 0 amide bonds. The van der Waals surface area contributed by atoms with Crippen molar-refractivity contribution in [2.45, 2.75) is 32.2 Å². The van der Waals surface area contributed by atoms with E-state index in [4.69, 9.17) is 0 Å². The summed E-state index contributed by atoms with van der Waals surface area (Å²) in [5.41, 5.74) is -2.39. The summed E-state index contributed by atoms with van der Waals surface area (Å²) in [6.07, 6.45) is -7.54. The molecule has 0 aromatic carbocycles. The van der Waals surface area contributed by atoms with E-state index in [-0.39, 0.29) is 29.5 Å². The summed E-state index contributed by atoms with van der Waals surface area (Å²) < 4.78 is 77.6. The Balaban J connectivity index is 2.02. The minimum Gasteiger partial charge on any atom is -0.352 e. The third-order valence-corrected chi connectivity index (χ3v) is 3.51. The lowest BCUT2D eigenvalue weighted by Crippen LogP contribution is -2.15. The van der Waals surface area contributed by atoms with E-state index >= 15 is 0 Å². The van der Waals surface area contributed by atoms with Crippen LogP contribution in [0.15, 0.2) is 30.6 Å². The molecule has 164 valence electrons. The van der Waals surface area contributed by atoms with Crippen molar-refractivity contribution in [1.82, 2.24) is 29.9 Å². The van der Waals surface area contributed by atoms with Gasteiger partial charge in [-0.25, -0.2) is 9.97 Å². The summed E-state index contributed by atoms with van der Waals surface area (Å²) >= 11 is 0. The van der Waals surface area contributed by atoms with Crippen LogP contribution in [0.4, 0.5) is 43.9 Å². The highest BCUT2D eigenvalue weighted by Gasteiger charge is 2.34. The zero-order valence-electron chi connectivity index (χ0n) is 15.9. The molecule has 3 aromatic heterocycles. The van der Waals surface area contributed by atoms with E-state index in [1.165, 1.54) is 6.07 Å². The Kier molecular flexibility index (Phi) is 5.90. The standard InChI is InChI=1S/C17H14F6N8/c1-8(2)26-14-29-13(12-25-6-4-10(28-12)16(18,19)20)30-15(31-14)27-9-3-5-24-11(7-9)17(21,22)23/h3-8H,1-2H3,(H2,24,26,27,29,30,31). The highest BCUT2D eigenvalue weighted by Crippen LogP contribution is 2.30. The Labute approximate surface area is 171 Å². The lowest BCUT2D eigenvalue weighted by Gasteiger charge is -2.13. The SMILES string of the molecule is CC(C)Nc1nc(Nc2ccnc(C(F)(F)F)c2)nc(-c2nccc(C(F)(F)F)n2)n1. The van der Waals surface area contributed by atoms with Gasteiger partial charge in [0.2, 0.25) is 17.7 Å². The number of pyridine rings is 1. The molecule has 0 aliphatic rings. The van der Waals surface area contributed by atoms with Crippen molar-refractivity contribution in [3.8, 4) is 11.6 Å². The molecule has 0 atom stereocenters. The van der Waals surface area contributed by atoms with E-state index in [1.54, 1.807) is 13.8 Å². The van der Waals surface area contributed by atoms with Crippen molar-refractivity contribution in [2.24, 2.45) is 0 Å². The first-order chi connectivity index (χ1) is 14.4. The molecule has 3 rings (SSSR count). The molecule has 0 aliphatic heterocycles. The second-order valence-corrected chi connectivity index (χ2v) is 6.42. The van der Waals surface area contributed by atoms with Gasteiger partial charge in [0.1, 0.15) is 11.4 Å². The first-order valence-electron chi connectivity index (χ1n) is 8.65. The number of hydrogen-bond acceptors (Lipinski definition) is 8. The van der Waals surface area contributed by atoms with Crippen molar-refractivity contribution in [3.05, 3.63) is 42.0 Å². The van der Waals surface area contributed by atoms with Gasteiger partial charge in [0, 0.05) is 24.1 Å². The fourth-order valence-corrected chi connectivity index (χ4v) is 2.27. The summed E-state index contributed by atoms with van der Waals surface area (Å²) in [5.74, 6) is -1.00. The van der Waals surface area contributed by atoms with Gasteiger partial charge in [-0.2, -0.15) is 41.3 Å². The van der Waals surface area contributed by atoms with Crippen LogP contribution in [0.1, 0.15) is 25.2 Å². The Morgan fingerprint density at radius 2 is 1.39 bits per heavy atom. The molecule has 0 saturated carbocycles. The zero-order valence-corrected chi connectivity index (χ0v) is 15.9. The van der Waals surface area contributed by atoms with Gasteiger partial charge in [-0.15, -0.1) is 0 Å². The number of nitrogens with one attached hydrogen (secondary N) is 2. The molecule has 0 spiro atoms. The van der Waals surface area contributed by atoms with Gasteiger partial charge in [-0.05, 0) is 32.0 Å². The molecule has 8 nitrogen and oxygen atoms in total. The fourth-order valence-electron chi connectivity index (χ4n) is 2.27. The number of halogens is 6. The van der Waals surface area contributed by atoms with Crippen molar-refractivity contribution < 1.29 is 26.3 Å². The highest BCUT2D eigenvalue weighted by atomic mass is 19.4. The number of aromatic nitrogens is 6. The third-order valence-electron chi connectivity index (χ3n) is 3.51. The first kappa shape index (κ1) is 22.1. The number of rotatable bonds is 5. The lowest BCUT2D eigenvalue weighted by atomic mass is 10.3. The molecule has 3 aromatic rings. The molecule has 14 heteroatoms. The second-order valence-electron chi connectivity index (χ2n) is 6.42. The molecule has 0 fully saturated rings. The molecule has 0 unspecified atom stereocenters. The molecular weight excluding hydrogens is 430 g/mol. The molecule has 0 saturated heterocycles. The van der Waals surface area contributed by atoms with E-state index < -0.39 is 29.6 Å². The van der Waals surface area contributed by atoms with Gasteiger partial charge < -0.3 is 10.6 Å². The van der Waals surface area contributed by atoms with Crippen LogP contribution in [0.25, 0.3) is 11.6 Å². The van der Waals surface area contributed by atoms with Crippen LogP contribution >= 0.6 is 0 Å². The second kappa shape index (κ2) is 8.28. The van der Waals surface area contributed by atoms with Crippen molar-refractivity contribution >= 4 is 17.6 Å². The molecule has 0 aliphatic carbocycles. The van der Waals surface area contributed by atoms with Crippen LogP contribution in [0, 0.1) is 0 Å². The van der Waals surface area contributed by atoms with Gasteiger partial charge in [-0.1, -0.05) is 0 Å². The topological polar surface area (TPSA) is 101 Å². The van der Waals surface area contributed by atoms with Gasteiger partial charge in [0.05, 0.1) is 0 Å². The van der Waals surface area contributed by atoms with E-state index in [1.807, 2.05) is 0 Å². The Bertz CT molecular complexity index is 1070. The summed E-state index contributed by atoms with van der Waals surface area (Å²) in [5, 5.41) is 5.41. The maximum atomic E-state index is 13.0. The minimum absolute atomic E-state index is 0.0337. The Morgan fingerprint density at radius 3 is 2.03 bits per heavy atom.